The lowest BCUT2D eigenvalue weighted by molar-refractivity contribution is -0.132. The number of rotatable bonds is 4. The summed E-state index contributed by atoms with van der Waals surface area (Å²) in [5.74, 6) is 1.59. The SMILES string of the molecule is CC1CCN(C(=O)Cc2ccccc2)CC1N(C)c1ncnc2[nH]ccc12. The number of carbonyl (C=O) groups is 1. The van der Waals surface area contributed by atoms with Gasteiger partial charge < -0.3 is 14.8 Å². The molecule has 4 rings (SSSR count). The van der Waals surface area contributed by atoms with Gasteiger partial charge in [-0.05, 0) is 24.0 Å². The lowest BCUT2D eigenvalue weighted by Gasteiger charge is -2.42. The number of likely N-dealkylation sites (tertiary alicyclic amines) is 1. The van der Waals surface area contributed by atoms with Crippen LogP contribution in [0.2, 0.25) is 0 Å². The number of piperidine rings is 1. The number of aromatic amines is 1. The summed E-state index contributed by atoms with van der Waals surface area (Å²) in [5, 5.41) is 1.01. The maximum absolute atomic E-state index is 12.8. The van der Waals surface area contributed by atoms with Crippen molar-refractivity contribution < 1.29 is 4.79 Å². The number of anilines is 1. The summed E-state index contributed by atoms with van der Waals surface area (Å²) in [6.45, 7) is 3.80. The second-order valence-electron chi connectivity index (χ2n) is 7.38. The number of carbonyl (C=O) groups excluding carboxylic acids is 1. The fourth-order valence-electron chi connectivity index (χ4n) is 3.96. The summed E-state index contributed by atoms with van der Waals surface area (Å²) < 4.78 is 0. The molecular formula is C21H25N5O. The van der Waals surface area contributed by atoms with Crippen molar-refractivity contribution >= 4 is 22.8 Å². The molecule has 6 heteroatoms. The Hall–Kier alpha value is -2.89. The van der Waals surface area contributed by atoms with Crippen molar-refractivity contribution in [2.24, 2.45) is 5.92 Å². The van der Waals surface area contributed by atoms with E-state index in [4.69, 9.17) is 0 Å². The second-order valence-corrected chi connectivity index (χ2v) is 7.38. The number of benzene rings is 1. The zero-order valence-corrected chi connectivity index (χ0v) is 15.8. The predicted octanol–water partition coefficient (Wildman–Crippen LogP) is 2.87. The number of fused-ring (bicyclic) bond motifs is 1. The van der Waals surface area contributed by atoms with E-state index in [0.717, 1.165) is 41.9 Å². The van der Waals surface area contributed by atoms with E-state index in [1.165, 1.54) is 0 Å². The highest BCUT2D eigenvalue weighted by molar-refractivity contribution is 5.87. The Bertz CT molecular complexity index is 922. The molecule has 2 atom stereocenters. The third-order valence-corrected chi connectivity index (χ3v) is 5.63. The van der Waals surface area contributed by atoms with Gasteiger partial charge in [-0.1, -0.05) is 37.3 Å². The third-order valence-electron chi connectivity index (χ3n) is 5.63. The molecule has 1 fully saturated rings. The molecule has 6 nitrogen and oxygen atoms in total. The predicted molar refractivity (Wildman–Crippen MR) is 107 cm³/mol. The monoisotopic (exact) mass is 363 g/mol. The Labute approximate surface area is 159 Å². The van der Waals surface area contributed by atoms with Crippen molar-refractivity contribution in [3.8, 4) is 0 Å². The maximum Gasteiger partial charge on any atom is 0.227 e. The Morgan fingerprint density at radius 1 is 1.26 bits per heavy atom. The van der Waals surface area contributed by atoms with Crippen molar-refractivity contribution in [3.63, 3.8) is 0 Å². The van der Waals surface area contributed by atoms with Gasteiger partial charge in [0, 0.05) is 26.3 Å². The quantitative estimate of drug-likeness (QED) is 0.774. The molecule has 3 heterocycles. The fourth-order valence-corrected chi connectivity index (χ4v) is 3.96. The van der Waals surface area contributed by atoms with Crippen LogP contribution in [0.3, 0.4) is 0 Å². The molecule has 27 heavy (non-hydrogen) atoms. The first kappa shape index (κ1) is 17.5. The average Bonchev–Trinajstić information content (AvgIpc) is 3.17. The van der Waals surface area contributed by atoms with Gasteiger partial charge in [0.2, 0.25) is 5.91 Å². The first-order valence-corrected chi connectivity index (χ1v) is 9.46. The molecule has 0 spiro atoms. The van der Waals surface area contributed by atoms with E-state index in [1.54, 1.807) is 6.33 Å². The van der Waals surface area contributed by atoms with Crippen molar-refractivity contribution in [1.29, 1.82) is 0 Å². The standard InChI is InChI=1S/C21H25N5O/c1-15-9-11-26(19(27)12-16-6-4-3-5-7-16)13-18(15)25(2)21-17-8-10-22-20(17)23-14-24-21/h3-8,10,14-15,18H,9,11-13H2,1-2H3,(H,22,23,24). The Morgan fingerprint density at radius 2 is 2.07 bits per heavy atom. The summed E-state index contributed by atoms with van der Waals surface area (Å²) >= 11 is 0. The Balaban J connectivity index is 1.52. The third kappa shape index (κ3) is 3.52. The van der Waals surface area contributed by atoms with Gasteiger partial charge in [0.1, 0.15) is 17.8 Å². The van der Waals surface area contributed by atoms with Gasteiger partial charge in [0.25, 0.3) is 0 Å². The molecule has 2 aromatic heterocycles. The van der Waals surface area contributed by atoms with Crippen molar-refractivity contribution in [2.45, 2.75) is 25.8 Å². The minimum atomic E-state index is 0.195. The number of hydrogen-bond acceptors (Lipinski definition) is 4. The number of nitrogens with one attached hydrogen (secondary N) is 1. The van der Waals surface area contributed by atoms with Crippen LogP contribution in [0.1, 0.15) is 18.9 Å². The Kier molecular flexibility index (Phi) is 4.79. The van der Waals surface area contributed by atoms with Gasteiger partial charge in [-0.3, -0.25) is 4.79 Å². The fraction of sp³-hybridized carbons (Fsp3) is 0.381. The Morgan fingerprint density at radius 3 is 2.89 bits per heavy atom. The van der Waals surface area contributed by atoms with E-state index in [0.29, 0.717) is 12.3 Å². The molecule has 1 aliphatic rings. The van der Waals surface area contributed by atoms with Crippen LogP contribution in [-0.2, 0) is 11.2 Å². The zero-order chi connectivity index (χ0) is 18.8. The minimum Gasteiger partial charge on any atom is -0.354 e. The van der Waals surface area contributed by atoms with Crippen molar-refractivity contribution in [1.82, 2.24) is 19.9 Å². The summed E-state index contributed by atoms with van der Waals surface area (Å²) in [5.41, 5.74) is 1.91. The largest absolute Gasteiger partial charge is 0.354 e. The normalized spacial score (nSPS) is 20.0. The van der Waals surface area contributed by atoms with Gasteiger partial charge >= 0.3 is 0 Å². The summed E-state index contributed by atoms with van der Waals surface area (Å²) in [6.07, 6.45) is 4.94. The highest BCUT2D eigenvalue weighted by Gasteiger charge is 2.32. The van der Waals surface area contributed by atoms with E-state index in [9.17, 15) is 4.79 Å². The molecule has 0 bridgehead atoms. The lowest BCUT2D eigenvalue weighted by Crippen LogP contribution is -2.53. The van der Waals surface area contributed by atoms with Crippen molar-refractivity contribution in [3.05, 3.63) is 54.5 Å². The number of H-pyrrole nitrogens is 1. The van der Waals surface area contributed by atoms with Crippen LogP contribution in [0.5, 0.6) is 0 Å². The topological polar surface area (TPSA) is 65.1 Å². The van der Waals surface area contributed by atoms with E-state index < -0.39 is 0 Å². The minimum absolute atomic E-state index is 0.195. The van der Waals surface area contributed by atoms with Crippen LogP contribution >= 0.6 is 0 Å². The van der Waals surface area contributed by atoms with Gasteiger partial charge in [-0.2, -0.15) is 0 Å². The summed E-state index contributed by atoms with van der Waals surface area (Å²) in [4.78, 5) is 29.0. The smallest absolute Gasteiger partial charge is 0.227 e. The first-order valence-electron chi connectivity index (χ1n) is 9.46. The lowest BCUT2D eigenvalue weighted by atomic mass is 9.92. The first-order chi connectivity index (χ1) is 13.1. The zero-order valence-electron chi connectivity index (χ0n) is 15.8. The summed E-state index contributed by atoms with van der Waals surface area (Å²) in [7, 11) is 2.07. The van der Waals surface area contributed by atoms with E-state index in [2.05, 4.69) is 33.8 Å². The van der Waals surface area contributed by atoms with E-state index in [-0.39, 0.29) is 11.9 Å². The van der Waals surface area contributed by atoms with Gasteiger partial charge in [-0.15, -0.1) is 0 Å². The molecule has 3 aromatic rings. The number of aromatic nitrogens is 3. The molecule has 1 amide bonds. The van der Waals surface area contributed by atoms with Crippen LogP contribution in [0.4, 0.5) is 5.82 Å². The van der Waals surface area contributed by atoms with E-state index >= 15 is 0 Å². The van der Waals surface area contributed by atoms with Crippen molar-refractivity contribution in [2.75, 3.05) is 25.0 Å². The molecule has 0 saturated carbocycles. The summed E-state index contributed by atoms with van der Waals surface area (Å²) in [6, 6.07) is 12.2. The number of hydrogen-bond donors (Lipinski definition) is 1. The van der Waals surface area contributed by atoms with Crippen LogP contribution in [-0.4, -0.2) is 51.9 Å². The molecule has 0 aliphatic carbocycles. The molecule has 1 N–H and O–H groups in total. The number of likely N-dealkylation sites (N-methyl/N-ethyl adjacent to an activating group) is 1. The molecule has 0 radical (unpaired) electrons. The second kappa shape index (κ2) is 7.39. The maximum atomic E-state index is 12.8. The van der Waals surface area contributed by atoms with Gasteiger partial charge in [0.15, 0.2) is 0 Å². The van der Waals surface area contributed by atoms with Crippen LogP contribution < -0.4 is 4.90 Å². The van der Waals surface area contributed by atoms with Gasteiger partial charge in [-0.25, -0.2) is 9.97 Å². The van der Waals surface area contributed by atoms with Crippen LogP contribution in [0, 0.1) is 5.92 Å². The molecule has 140 valence electrons. The molecule has 1 aliphatic heterocycles. The average molecular weight is 363 g/mol. The van der Waals surface area contributed by atoms with E-state index in [1.807, 2.05) is 47.5 Å². The molecule has 1 saturated heterocycles. The molecule has 1 aromatic carbocycles. The molecule has 2 unspecified atom stereocenters. The van der Waals surface area contributed by atoms with Crippen LogP contribution in [0.25, 0.3) is 11.0 Å². The number of amides is 1. The highest BCUT2D eigenvalue weighted by atomic mass is 16.2. The van der Waals surface area contributed by atoms with Crippen LogP contribution in [0.15, 0.2) is 48.9 Å². The van der Waals surface area contributed by atoms with Gasteiger partial charge in [0.05, 0.1) is 17.8 Å². The number of nitrogens with zero attached hydrogens (tertiary/aromatic N) is 4. The highest BCUT2D eigenvalue weighted by Crippen LogP contribution is 2.28. The molecular weight excluding hydrogens is 338 g/mol.